The lowest BCUT2D eigenvalue weighted by Gasteiger charge is -2.14. The highest BCUT2D eigenvalue weighted by molar-refractivity contribution is 6.29. The van der Waals surface area contributed by atoms with Crippen LogP contribution in [0.3, 0.4) is 0 Å². The van der Waals surface area contributed by atoms with E-state index in [1.807, 2.05) is 18.2 Å². The molecule has 0 saturated carbocycles. The second-order valence-corrected chi connectivity index (χ2v) is 4.56. The third kappa shape index (κ3) is 3.77. The largest absolute Gasteiger partial charge is 0.504 e. The molecule has 0 amide bonds. The van der Waals surface area contributed by atoms with Gasteiger partial charge in [-0.05, 0) is 6.07 Å². The second-order valence-electron chi connectivity index (χ2n) is 4.17. The first-order chi connectivity index (χ1) is 10.7. The maximum absolute atomic E-state index is 5.84. The average molecular weight is 319 g/mol. The van der Waals surface area contributed by atoms with Gasteiger partial charge in [-0.2, -0.15) is 0 Å². The predicted molar refractivity (Wildman–Crippen MR) is 84.7 cm³/mol. The molecule has 0 aliphatic carbocycles. The average Bonchev–Trinajstić information content (AvgIpc) is 2.53. The van der Waals surface area contributed by atoms with Crippen LogP contribution in [0.1, 0.15) is 5.56 Å². The van der Waals surface area contributed by atoms with E-state index in [4.69, 9.17) is 25.8 Å². The minimum Gasteiger partial charge on any atom is -0.504 e. The summed E-state index contributed by atoms with van der Waals surface area (Å²) in [6.07, 6.45) is 2.88. The van der Waals surface area contributed by atoms with E-state index in [-0.39, 0.29) is 0 Å². The lowest BCUT2D eigenvalue weighted by Crippen LogP contribution is -1.97. The van der Waals surface area contributed by atoms with Gasteiger partial charge in [0, 0.05) is 11.6 Å². The van der Waals surface area contributed by atoms with Gasteiger partial charge < -0.3 is 14.2 Å². The molecule has 5 nitrogen and oxygen atoms in total. The molecule has 0 N–H and O–H groups in total. The zero-order valence-electron chi connectivity index (χ0n) is 12.2. The number of hydrogen-bond acceptors (Lipinski definition) is 5. The van der Waals surface area contributed by atoms with Gasteiger partial charge in [-0.25, -0.2) is 9.97 Å². The molecule has 6 heteroatoms. The Kier molecular flexibility index (Phi) is 5.38. The topological polar surface area (TPSA) is 53.5 Å². The van der Waals surface area contributed by atoms with Gasteiger partial charge in [0.05, 0.1) is 26.1 Å². The van der Waals surface area contributed by atoms with Crippen molar-refractivity contribution in [3.63, 3.8) is 0 Å². The van der Waals surface area contributed by atoms with E-state index < -0.39 is 0 Å². The molecule has 0 spiro atoms. The van der Waals surface area contributed by atoms with Gasteiger partial charge >= 0.3 is 0 Å². The van der Waals surface area contributed by atoms with Crippen LogP contribution in [0.25, 0.3) is 5.57 Å². The molecule has 1 aromatic carbocycles. The summed E-state index contributed by atoms with van der Waals surface area (Å²) in [6.45, 7) is 3.86. The van der Waals surface area contributed by atoms with E-state index in [9.17, 15) is 0 Å². The van der Waals surface area contributed by atoms with E-state index in [0.717, 1.165) is 5.56 Å². The normalized spacial score (nSPS) is 11.0. The smallest absolute Gasteiger partial charge is 0.223 e. The summed E-state index contributed by atoms with van der Waals surface area (Å²) in [5.41, 5.74) is 1.42. The molecular formula is C16H15ClN2O3. The molecule has 0 aliphatic heterocycles. The van der Waals surface area contributed by atoms with E-state index in [1.54, 1.807) is 26.5 Å². The molecule has 0 aliphatic rings. The van der Waals surface area contributed by atoms with E-state index in [0.29, 0.717) is 28.1 Å². The highest BCUT2D eigenvalue weighted by Crippen LogP contribution is 2.33. The van der Waals surface area contributed by atoms with Crippen LogP contribution in [0, 0.1) is 0 Å². The lowest BCUT2D eigenvalue weighted by atomic mass is 10.0. The number of nitrogens with zero attached hydrogens (tertiary/aromatic N) is 2. The molecule has 22 heavy (non-hydrogen) atoms. The number of benzene rings is 1. The maximum Gasteiger partial charge on any atom is 0.223 e. The molecule has 0 saturated heterocycles. The standard InChI is InChI=1S/C16H15ClN2O3/c1-11(21-3)13(9-20-2)12-6-4-5-7-14(12)22-16-8-15(17)18-10-19-16/h4-10H,1H2,2-3H3/b13-9-. The monoisotopic (exact) mass is 318 g/mol. The molecule has 2 aromatic rings. The molecule has 0 bridgehead atoms. The fourth-order valence-electron chi connectivity index (χ4n) is 1.77. The first-order valence-electron chi connectivity index (χ1n) is 6.36. The summed E-state index contributed by atoms with van der Waals surface area (Å²) < 4.78 is 16.1. The number of halogens is 1. The zero-order chi connectivity index (χ0) is 15.9. The second kappa shape index (κ2) is 7.47. The Labute approximate surface area is 133 Å². The number of rotatable bonds is 6. The van der Waals surface area contributed by atoms with Gasteiger partial charge in [-0.15, -0.1) is 0 Å². The number of hydrogen-bond donors (Lipinski definition) is 0. The Morgan fingerprint density at radius 1 is 1.23 bits per heavy atom. The summed E-state index contributed by atoms with van der Waals surface area (Å²) in [7, 11) is 3.09. The molecule has 0 atom stereocenters. The van der Waals surface area contributed by atoms with E-state index in [1.165, 1.54) is 12.4 Å². The van der Waals surface area contributed by atoms with Crippen LogP contribution in [0.15, 0.2) is 55.3 Å². The van der Waals surface area contributed by atoms with Crippen LogP contribution in [0.4, 0.5) is 0 Å². The van der Waals surface area contributed by atoms with Crippen molar-refractivity contribution in [3.05, 3.63) is 66.0 Å². The summed E-state index contributed by atoms with van der Waals surface area (Å²) in [5, 5.41) is 0.302. The maximum atomic E-state index is 5.84. The van der Waals surface area contributed by atoms with E-state index in [2.05, 4.69) is 16.5 Å². The highest BCUT2D eigenvalue weighted by atomic mass is 35.5. The third-order valence-electron chi connectivity index (χ3n) is 2.78. The number of ether oxygens (including phenoxy) is 3. The van der Waals surface area contributed by atoms with Crippen LogP contribution < -0.4 is 4.74 Å². The molecular weight excluding hydrogens is 304 g/mol. The molecule has 0 unspecified atom stereocenters. The van der Waals surface area contributed by atoms with Crippen LogP contribution in [-0.4, -0.2) is 24.2 Å². The minimum absolute atomic E-state index is 0.302. The van der Waals surface area contributed by atoms with Gasteiger partial charge in [-0.3, -0.25) is 0 Å². The SMILES string of the molecule is C=C(OC)/C(=C/OC)c1ccccc1Oc1cc(Cl)ncn1. The third-order valence-corrected chi connectivity index (χ3v) is 2.99. The Morgan fingerprint density at radius 3 is 2.68 bits per heavy atom. The number of methoxy groups -OCH3 is 2. The van der Waals surface area contributed by atoms with Crippen LogP contribution in [0.2, 0.25) is 5.15 Å². The van der Waals surface area contributed by atoms with Crippen molar-refractivity contribution in [2.24, 2.45) is 0 Å². The van der Waals surface area contributed by atoms with Gasteiger partial charge in [0.15, 0.2) is 0 Å². The van der Waals surface area contributed by atoms with Crippen molar-refractivity contribution in [3.8, 4) is 11.6 Å². The van der Waals surface area contributed by atoms with Crippen molar-refractivity contribution < 1.29 is 14.2 Å². The minimum atomic E-state index is 0.302. The molecule has 2 rings (SSSR count). The highest BCUT2D eigenvalue weighted by Gasteiger charge is 2.14. The van der Waals surface area contributed by atoms with Crippen LogP contribution in [0.5, 0.6) is 11.6 Å². The van der Waals surface area contributed by atoms with Gasteiger partial charge in [0.25, 0.3) is 0 Å². The summed E-state index contributed by atoms with van der Waals surface area (Å²) in [6, 6.07) is 8.93. The zero-order valence-corrected chi connectivity index (χ0v) is 13.0. The van der Waals surface area contributed by atoms with Gasteiger partial charge in [-0.1, -0.05) is 36.4 Å². The Bertz CT molecular complexity index is 701. The van der Waals surface area contributed by atoms with Crippen molar-refractivity contribution in [1.29, 1.82) is 0 Å². The van der Waals surface area contributed by atoms with Crippen molar-refractivity contribution >= 4 is 17.2 Å². The first-order valence-corrected chi connectivity index (χ1v) is 6.74. The molecule has 1 aromatic heterocycles. The Hall–Kier alpha value is -2.53. The number of aromatic nitrogens is 2. The summed E-state index contributed by atoms with van der Waals surface area (Å²) in [5.74, 6) is 1.37. The van der Waals surface area contributed by atoms with Crippen molar-refractivity contribution in [2.75, 3.05) is 14.2 Å². The molecule has 0 fully saturated rings. The number of para-hydroxylation sites is 1. The Balaban J connectivity index is 2.41. The molecule has 1 heterocycles. The van der Waals surface area contributed by atoms with Gasteiger partial charge in [0.2, 0.25) is 5.88 Å². The van der Waals surface area contributed by atoms with Crippen molar-refractivity contribution in [2.45, 2.75) is 0 Å². The van der Waals surface area contributed by atoms with Crippen LogP contribution in [-0.2, 0) is 9.47 Å². The summed E-state index contributed by atoms with van der Waals surface area (Å²) >= 11 is 5.84. The van der Waals surface area contributed by atoms with Crippen LogP contribution >= 0.6 is 11.6 Å². The van der Waals surface area contributed by atoms with Crippen molar-refractivity contribution in [1.82, 2.24) is 9.97 Å². The number of allylic oxidation sites excluding steroid dienone is 1. The lowest BCUT2D eigenvalue weighted by molar-refractivity contribution is 0.304. The molecule has 0 radical (unpaired) electrons. The fraction of sp³-hybridized carbons (Fsp3) is 0.125. The van der Waals surface area contributed by atoms with E-state index >= 15 is 0 Å². The predicted octanol–water partition coefficient (Wildman–Crippen LogP) is 4.07. The first kappa shape index (κ1) is 15.9. The molecule has 114 valence electrons. The quantitative estimate of drug-likeness (QED) is 0.456. The van der Waals surface area contributed by atoms with Gasteiger partial charge in [0.1, 0.15) is 23.0 Å². The summed E-state index contributed by atoms with van der Waals surface area (Å²) in [4.78, 5) is 7.84. The fourth-order valence-corrected chi connectivity index (χ4v) is 1.91. The Morgan fingerprint density at radius 2 is 2.00 bits per heavy atom.